The van der Waals surface area contributed by atoms with Gasteiger partial charge in [0, 0.05) is 18.1 Å². The summed E-state index contributed by atoms with van der Waals surface area (Å²) in [4.78, 5) is 0. The van der Waals surface area contributed by atoms with Gasteiger partial charge in [0.2, 0.25) is 0 Å². The number of benzene rings is 1. The Morgan fingerprint density at radius 1 is 1.39 bits per heavy atom. The number of fused-ring (bicyclic) bond motifs is 1. The Labute approximate surface area is 110 Å². The van der Waals surface area contributed by atoms with Crippen molar-refractivity contribution < 1.29 is 4.74 Å². The molecule has 100 valence electrons. The van der Waals surface area contributed by atoms with Crippen molar-refractivity contribution in [3.05, 3.63) is 23.8 Å². The molecular weight excluding hydrogens is 224 g/mol. The van der Waals surface area contributed by atoms with E-state index >= 15 is 0 Å². The van der Waals surface area contributed by atoms with Crippen molar-refractivity contribution in [1.29, 1.82) is 0 Å². The third-order valence-electron chi connectivity index (χ3n) is 2.94. The van der Waals surface area contributed by atoms with Crippen LogP contribution in [0.3, 0.4) is 0 Å². The molecule has 1 aliphatic rings. The van der Waals surface area contributed by atoms with Gasteiger partial charge in [-0.1, -0.05) is 6.07 Å². The molecule has 1 aromatic rings. The van der Waals surface area contributed by atoms with E-state index in [-0.39, 0.29) is 5.54 Å². The Kier molecular flexibility index (Phi) is 3.81. The quantitative estimate of drug-likeness (QED) is 0.863. The molecule has 0 saturated carbocycles. The summed E-state index contributed by atoms with van der Waals surface area (Å²) in [6.07, 6.45) is 1.03. The van der Waals surface area contributed by atoms with Gasteiger partial charge in [0.25, 0.3) is 0 Å². The summed E-state index contributed by atoms with van der Waals surface area (Å²) in [5.74, 6) is 0.974. The fourth-order valence-corrected chi connectivity index (χ4v) is 2.46. The summed E-state index contributed by atoms with van der Waals surface area (Å²) in [6, 6.07) is 6.90. The molecule has 0 radical (unpaired) electrons. The second-order valence-corrected chi connectivity index (χ2v) is 6.11. The fraction of sp³-hybridized carbons (Fsp3) is 0.600. The largest absolute Gasteiger partial charge is 0.490 e. The van der Waals surface area contributed by atoms with Crippen LogP contribution in [0.2, 0.25) is 0 Å². The minimum atomic E-state index is 0.162. The van der Waals surface area contributed by atoms with Crippen LogP contribution < -0.4 is 15.4 Å². The first kappa shape index (κ1) is 13.2. The molecule has 0 bridgehead atoms. The van der Waals surface area contributed by atoms with Crippen LogP contribution in [-0.4, -0.2) is 24.7 Å². The molecule has 0 aromatic heterocycles. The van der Waals surface area contributed by atoms with Crippen molar-refractivity contribution in [3.63, 3.8) is 0 Å². The van der Waals surface area contributed by atoms with E-state index in [0.29, 0.717) is 6.04 Å². The maximum atomic E-state index is 5.59. The molecular formula is C15H24N2O. The average molecular weight is 248 g/mol. The zero-order chi connectivity index (χ0) is 13.2. The molecule has 0 amide bonds. The second-order valence-electron chi connectivity index (χ2n) is 6.11. The Balaban J connectivity index is 2.01. The molecule has 1 atom stereocenters. The molecule has 3 heteroatoms. The molecule has 1 aliphatic heterocycles. The highest BCUT2D eigenvalue weighted by Gasteiger charge is 2.15. The molecule has 0 aliphatic carbocycles. The van der Waals surface area contributed by atoms with Crippen molar-refractivity contribution in [2.24, 2.45) is 0 Å². The third-order valence-corrected chi connectivity index (χ3v) is 2.94. The van der Waals surface area contributed by atoms with Crippen LogP contribution in [0.25, 0.3) is 0 Å². The lowest BCUT2D eigenvalue weighted by molar-refractivity contribution is 0.323. The van der Waals surface area contributed by atoms with Crippen molar-refractivity contribution in [3.8, 4) is 5.75 Å². The van der Waals surface area contributed by atoms with E-state index in [1.54, 1.807) is 0 Å². The standard InChI is InChI=1S/C15H24N2O/c1-11(17-15(2,3)4)9-12-5-6-14-13(10-12)16-7-8-18-14/h5-6,10-11,16-17H,7-9H2,1-4H3. The third kappa shape index (κ3) is 3.64. The first-order chi connectivity index (χ1) is 8.44. The van der Waals surface area contributed by atoms with Crippen molar-refractivity contribution >= 4 is 5.69 Å². The molecule has 0 spiro atoms. The average Bonchev–Trinajstić information content (AvgIpc) is 2.26. The van der Waals surface area contributed by atoms with Crippen LogP contribution in [-0.2, 0) is 6.42 Å². The zero-order valence-corrected chi connectivity index (χ0v) is 11.8. The van der Waals surface area contributed by atoms with E-state index < -0.39 is 0 Å². The van der Waals surface area contributed by atoms with Gasteiger partial charge in [0.1, 0.15) is 12.4 Å². The molecule has 1 unspecified atom stereocenters. The normalized spacial score (nSPS) is 16.4. The van der Waals surface area contributed by atoms with E-state index in [2.05, 4.69) is 56.5 Å². The van der Waals surface area contributed by atoms with E-state index in [9.17, 15) is 0 Å². The summed E-state index contributed by atoms with van der Waals surface area (Å²) >= 11 is 0. The maximum absolute atomic E-state index is 5.59. The lowest BCUT2D eigenvalue weighted by atomic mass is 10.0. The second kappa shape index (κ2) is 5.19. The van der Waals surface area contributed by atoms with Crippen LogP contribution in [0, 0.1) is 0 Å². The number of rotatable bonds is 3. The first-order valence-corrected chi connectivity index (χ1v) is 6.71. The predicted molar refractivity (Wildman–Crippen MR) is 76.5 cm³/mol. The highest BCUT2D eigenvalue weighted by Crippen LogP contribution is 2.28. The lowest BCUT2D eigenvalue weighted by Gasteiger charge is -2.26. The summed E-state index contributed by atoms with van der Waals surface area (Å²) in [6.45, 7) is 10.5. The molecule has 18 heavy (non-hydrogen) atoms. The van der Waals surface area contributed by atoms with Gasteiger partial charge >= 0.3 is 0 Å². The minimum Gasteiger partial charge on any atom is -0.490 e. The van der Waals surface area contributed by atoms with Gasteiger partial charge in [0.05, 0.1) is 5.69 Å². The van der Waals surface area contributed by atoms with E-state index in [4.69, 9.17) is 4.74 Å². The molecule has 1 heterocycles. The molecule has 0 saturated heterocycles. The molecule has 2 N–H and O–H groups in total. The smallest absolute Gasteiger partial charge is 0.142 e. The number of anilines is 1. The summed E-state index contributed by atoms with van der Waals surface area (Å²) in [5.41, 5.74) is 2.63. The first-order valence-electron chi connectivity index (χ1n) is 6.71. The minimum absolute atomic E-state index is 0.162. The molecule has 0 fully saturated rings. The van der Waals surface area contributed by atoms with Crippen molar-refractivity contribution in [2.75, 3.05) is 18.5 Å². The van der Waals surface area contributed by atoms with Crippen LogP contribution in [0.4, 0.5) is 5.69 Å². The van der Waals surface area contributed by atoms with Crippen molar-refractivity contribution in [1.82, 2.24) is 5.32 Å². The topological polar surface area (TPSA) is 33.3 Å². The number of hydrogen-bond donors (Lipinski definition) is 2. The zero-order valence-electron chi connectivity index (χ0n) is 11.8. The van der Waals surface area contributed by atoms with Crippen LogP contribution in [0.15, 0.2) is 18.2 Å². The Hall–Kier alpha value is -1.22. The molecule has 3 nitrogen and oxygen atoms in total. The van der Waals surface area contributed by atoms with Crippen LogP contribution in [0.1, 0.15) is 33.3 Å². The van der Waals surface area contributed by atoms with Gasteiger partial charge in [-0.3, -0.25) is 0 Å². The van der Waals surface area contributed by atoms with E-state index in [1.807, 2.05) is 0 Å². The van der Waals surface area contributed by atoms with E-state index in [1.165, 1.54) is 5.56 Å². The van der Waals surface area contributed by atoms with Gasteiger partial charge in [-0.15, -0.1) is 0 Å². The Morgan fingerprint density at radius 2 is 2.17 bits per heavy atom. The number of ether oxygens (including phenoxy) is 1. The summed E-state index contributed by atoms with van der Waals surface area (Å²) in [7, 11) is 0. The fourth-order valence-electron chi connectivity index (χ4n) is 2.46. The van der Waals surface area contributed by atoms with Crippen LogP contribution in [0.5, 0.6) is 5.75 Å². The van der Waals surface area contributed by atoms with E-state index in [0.717, 1.165) is 31.0 Å². The van der Waals surface area contributed by atoms with Gasteiger partial charge in [0.15, 0.2) is 0 Å². The Morgan fingerprint density at radius 3 is 2.89 bits per heavy atom. The number of hydrogen-bond acceptors (Lipinski definition) is 3. The number of nitrogens with one attached hydrogen (secondary N) is 2. The van der Waals surface area contributed by atoms with Gasteiger partial charge < -0.3 is 15.4 Å². The van der Waals surface area contributed by atoms with Gasteiger partial charge in [-0.05, 0) is 51.8 Å². The highest BCUT2D eigenvalue weighted by molar-refractivity contribution is 5.59. The lowest BCUT2D eigenvalue weighted by Crippen LogP contribution is -2.43. The Bertz CT molecular complexity index is 409. The summed E-state index contributed by atoms with van der Waals surface area (Å²) < 4.78 is 5.59. The highest BCUT2D eigenvalue weighted by atomic mass is 16.5. The van der Waals surface area contributed by atoms with Gasteiger partial charge in [-0.2, -0.15) is 0 Å². The maximum Gasteiger partial charge on any atom is 0.142 e. The van der Waals surface area contributed by atoms with Crippen LogP contribution >= 0.6 is 0 Å². The predicted octanol–water partition coefficient (Wildman–Crippen LogP) is 2.81. The monoisotopic (exact) mass is 248 g/mol. The van der Waals surface area contributed by atoms with Crippen molar-refractivity contribution in [2.45, 2.75) is 45.7 Å². The molecule has 2 rings (SSSR count). The van der Waals surface area contributed by atoms with Gasteiger partial charge in [-0.25, -0.2) is 0 Å². The molecule has 1 aromatic carbocycles. The SMILES string of the molecule is CC(Cc1ccc2c(c1)NCCO2)NC(C)(C)C. The summed E-state index contributed by atoms with van der Waals surface area (Å²) in [5, 5.41) is 6.98.